The molecule has 0 atom stereocenters. The number of halogens is 1. The van der Waals surface area contributed by atoms with Crippen LogP contribution in [0.2, 0.25) is 5.02 Å². The summed E-state index contributed by atoms with van der Waals surface area (Å²) in [6, 6.07) is 11.8. The molecule has 158 valence electrons. The van der Waals surface area contributed by atoms with Gasteiger partial charge in [-0.25, -0.2) is 0 Å². The van der Waals surface area contributed by atoms with E-state index in [-0.39, 0.29) is 12.7 Å². The van der Waals surface area contributed by atoms with Crippen molar-refractivity contribution in [2.45, 2.75) is 38.0 Å². The second-order valence-electron chi connectivity index (χ2n) is 8.31. The van der Waals surface area contributed by atoms with E-state index in [1.807, 2.05) is 42.5 Å². The molecule has 0 aromatic heterocycles. The van der Waals surface area contributed by atoms with Gasteiger partial charge in [0.15, 0.2) is 11.5 Å². The lowest BCUT2D eigenvalue weighted by Crippen LogP contribution is -2.34. The largest absolute Gasteiger partial charge is 0.454 e. The summed E-state index contributed by atoms with van der Waals surface area (Å²) in [6.45, 7) is 2.31. The first kappa shape index (κ1) is 20.0. The van der Waals surface area contributed by atoms with E-state index in [2.05, 4.69) is 30.5 Å². The summed E-state index contributed by atoms with van der Waals surface area (Å²) in [7, 11) is 0. The average molecular weight is 434 g/mol. The van der Waals surface area contributed by atoms with Crippen molar-refractivity contribution in [2.75, 3.05) is 6.79 Å². The predicted octanol–water partition coefficient (Wildman–Crippen LogP) is 5.84. The van der Waals surface area contributed by atoms with Gasteiger partial charge in [0.1, 0.15) is 0 Å². The van der Waals surface area contributed by atoms with Gasteiger partial charge in [0.2, 0.25) is 12.7 Å². The molecule has 2 aliphatic carbocycles. The van der Waals surface area contributed by atoms with Crippen molar-refractivity contribution in [3.63, 3.8) is 0 Å². The molecule has 5 heteroatoms. The zero-order valence-corrected chi connectivity index (χ0v) is 18.2. The average Bonchev–Trinajstić information content (AvgIpc) is 3.41. The van der Waals surface area contributed by atoms with E-state index < -0.39 is 5.41 Å². The highest BCUT2D eigenvalue weighted by atomic mass is 35.5. The summed E-state index contributed by atoms with van der Waals surface area (Å²) >= 11 is 6.10. The maximum Gasteiger partial charge on any atom is 0.234 e. The number of benzene rings is 2. The third-order valence-corrected chi connectivity index (χ3v) is 6.47. The van der Waals surface area contributed by atoms with Crippen LogP contribution in [0.25, 0.3) is 5.57 Å². The third-order valence-electron chi connectivity index (χ3n) is 6.23. The number of rotatable bonds is 4. The van der Waals surface area contributed by atoms with Gasteiger partial charge in [-0.05, 0) is 85.2 Å². The van der Waals surface area contributed by atoms with Crippen molar-refractivity contribution in [1.29, 1.82) is 0 Å². The fourth-order valence-corrected chi connectivity index (χ4v) is 4.52. The minimum absolute atomic E-state index is 0.0596. The number of nitrogens with one attached hydrogen (secondary N) is 1. The van der Waals surface area contributed by atoms with E-state index in [1.54, 1.807) is 0 Å². The Morgan fingerprint density at radius 3 is 2.74 bits per heavy atom. The van der Waals surface area contributed by atoms with Gasteiger partial charge < -0.3 is 14.8 Å². The lowest BCUT2D eigenvalue weighted by molar-refractivity contribution is -0.122. The quantitative estimate of drug-likeness (QED) is 0.658. The zero-order valence-electron chi connectivity index (χ0n) is 17.4. The van der Waals surface area contributed by atoms with Gasteiger partial charge in [-0.3, -0.25) is 4.79 Å². The molecular formula is C26H24ClNO3. The smallest absolute Gasteiger partial charge is 0.234 e. The third kappa shape index (κ3) is 3.88. The number of amides is 1. The normalized spacial score (nSPS) is 22.9. The van der Waals surface area contributed by atoms with Gasteiger partial charge in [-0.15, -0.1) is 0 Å². The van der Waals surface area contributed by atoms with Crippen LogP contribution in [0.15, 0.2) is 66.4 Å². The van der Waals surface area contributed by atoms with Crippen LogP contribution in [0.3, 0.4) is 0 Å². The standard InChI is InChI=1S/C26H24ClNO3/c1-17-14-20(27)9-10-22(17)18-4-2-6-21(7-3-5-18)28-25(29)26(12-13-26)19-8-11-23-24(15-19)31-16-30-23/h2,4-6,8-11,14-15H,3,7,12-13,16H2,1H3,(H,28,29)/b4-2-,18-5-,21-6-. The monoisotopic (exact) mass is 433 g/mol. The first-order valence-electron chi connectivity index (χ1n) is 10.6. The molecule has 0 saturated heterocycles. The van der Waals surface area contributed by atoms with Crippen LogP contribution in [0.1, 0.15) is 42.4 Å². The van der Waals surface area contributed by atoms with Crippen molar-refractivity contribution >= 4 is 23.1 Å². The van der Waals surface area contributed by atoms with E-state index >= 15 is 0 Å². The molecule has 1 aliphatic heterocycles. The summed E-state index contributed by atoms with van der Waals surface area (Å²) in [5.74, 6) is 1.52. The molecule has 0 bridgehead atoms. The van der Waals surface area contributed by atoms with Crippen LogP contribution >= 0.6 is 11.6 Å². The molecular weight excluding hydrogens is 410 g/mol. The van der Waals surface area contributed by atoms with Crippen molar-refractivity contribution in [3.8, 4) is 11.5 Å². The maximum absolute atomic E-state index is 13.2. The highest BCUT2D eigenvalue weighted by Crippen LogP contribution is 2.50. The highest BCUT2D eigenvalue weighted by Gasteiger charge is 2.51. The number of allylic oxidation sites excluding steroid dienone is 6. The van der Waals surface area contributed by atoms with Crippen LogP contribution in [-0.4, -0.2) is 12.7 Å². The van der Waals surface area contributed by atoms with E-state index in [0.29, 0.717) is 0 Å². The number of hydrogen-bond donors (Lipinski definition) is 1. The highest BCUT2D eigenvalue weighted by molar-refractivity contribution is 6.30. The summed E-state index contributed by atoms with van der Waals surface area (Å²) in [5.41, 5.74) is 4.99. The lowest BCUT2D eigenvalue weighted by Gasteiger charge is -2.18. The Morgan fingerprint density at radius 2 is 1.94 bits per heavy atom. The number of fused-ring (bicyclic) bond motifs is 1. The molecule has 2 aromatic rings. The number of carbonyl (C=O) groups excluding carboxylic acids is 1. The number of hydrogen-bond acceptors (Lipinski definition) is 3. The number of carbonyl (C=O) groups is 1. The van der Waals surface area contributed by atoms with Crippen molar-refractivity contribution < 1.29 is 14.3 Å². The van der Waals surface area contributed by atoms with Crippen LogP contribution in [-0.2, 0) is 10.2 Å². The van der Waals surface area contributed by atoms with E-state index in [9.17, 15) is 4.79 Å². The molecule has 0 spiro atoms. The van der Waals surface area contributed by atoms with E-state index in [0.717, 1.165) is 59.0 Å². The Bertz CT molecular complexity index is 1140. The molecule has 1 saturated carbocycles. The number of aryl methyl sites for hydroxylation is 1. The van der Waals surface area contributed by atoms with Crippen LogP contribution < -0.4 is 14.8 Å². The van der Waals surface area contributed by atoms with Gasteiger partial charge in [-0.1, -0.05) is 42.0 Å². The minimum Gasteiger partial charge on any atom is -0.454 e. The maximum atomic E-state index is 13.2. The molecule has 0 unspecified atom stereocenters. The predicted molar refractivity (Wildman–Crippen MR) is 122 cm³/mol. The molecule has 3 aliphatic rings. The molecule has 4 nitrogen and oxygen atoms in total. The van der Waals surface area contributed by atoms with Gasteiger partial charge in [0.05, 0.1) is 5.41 Å². The van der Waals surface area contributed by atoms with Gasteiger partial charge in [0, 0.05) is 10.7 Å². The Hall–Kier alpha value is -2.98. The molecule has 2 aromatic carbocycles. The Kier molecular flexibility index (Phi) is 5.11. The second kappa shape index (κ2) is 7.93. The molecule has 1 fully saturated rings. The van der Waals surface area contributed by atoms with Gasteiger partial charge in [0.25, 0.3) is 0 Å². The van der Waals surface area contributed by atoms with Crippen molar-refractivity contribution in [2.24, 2.45) is 0 Å². The number of ether oxygens (including phenoxy) is 2. The molecule has 1 N–H and O–H groups in total. The van der Waals surface area contributed by atoms with Crippen molar-refractivity contribution in [1.82, 2.24) is 5.32 Å². The van der Waals surface area contributed by atoms with Crippen LogP contribution in [0, 0.1) is 6.92 Å². The molecule has 5 rings (SSSR count). The molecule has 31 heavy (non-hydrogen) atoms. The van der Waals surface area contributed by atoms with E-state index in [4.69, 9.17) is 21.1 Å². The summed E-state index contributed by atoms with van der Waals surface area (Å²) < 4.78 is 10.9. The Morgan fingerprint density at radius 1 is 1.10 bits per heavy atom. The Balaban J connectivity index is 1.30. The SMILES string of the molecule is Cc1cc(Cl)ccc1C1=C\CC/C(NC(=O)C2(c3ccc4c(c3)OCO4)CC2)=C/C=C\1. The fraction of sp³-hybridized carbons (Fsp3) is 0.269. The first-order chi connectivity index (χ1) is 15.0. The zero-order chi connectivity index (χ0) is 21.4. The topological polar surface area (TPSA) is 47.6 Å². The van der Waals surface area contributed by atoms with Crippen LogP contribution in [0.4, 0.5) is 0 Å². The molecule has 1 heterocycles. The van der Waals surface area contributed by atoms with Gasteiger partial charge >= 0.3 is 0 Å². The summed E-state index contributed by atoms with van der Waals surface area (Å²) in [6.07, 6.45) is 11.7. The lowest BCUT2D eigenvalue weighted by atomic mass is 9.94. The van der Waals surface area contributed by atoms with Crippen LogP contribution in [0.5, 0.6) is 11.5 Å². The first-order valence-corrected chi connectivity index (χ1v) is 11.0. The summed E-state index contributed by atoms with van der Waals surface area (Å²) in [4.78, 5) is 13.2. The Labute approximate surface area is 187 Å². The second-order valence-corrected chi connectivity index (χ2v) is 8.75. The molecule has 1 amide bonds. The van der Waals surface area contributed by atoms with E-state index in [1.165, 1.54) is 11.1 Å². The van der Waals surface area contributed by atoms with Crippen molar-refractivity contribution in [3.05, 3.63) is 88.1 Å². The fourth-order valence-electron chi connectivity index (χ4n) is 4.29. The molecule has 0 radical (unpaired) electrons. The van der Waals surface area contributed by atoms with Gasteiger partial charge in [-0.2, -0.15) is 0 Å². The minimum atomic E-state index is -0.463. The summed E-state index contributed by atoms with van der Waals surface area (Å²) in [5, 5.41) is 3.93.